The molecule has 1 aromatic carbocycles. The highest BCUT2D eigenvalue weighted by Gasteiger charge is 2.18. The quantitative estimate of drug-likeness (QED) is 0.639. The molecule has 6 heteroatoms. The number of piperidine rings is 1. The van der Waals surface area contributed by atoms with Gasteiger partial charge in [0, 0.05) is 30.2 Å². The van der Waals surface area contributed by atoms with Crippen LogP contribution in [0.1, 0.15) is 31.4 Å². The van der Waals surface area contributed by atoms with Crippen LogP contribution in [-0.4, -0.2) is 44.6 Å². The van der Waals surface area contributed by atoms with Crippen LogP contribution in [0.4, 0.5) is 0 Å². The summed E-state index contributed by atoms with van der Waals surface area (Å²) in [6.45, 7) is 5.35. The number of nitrogens with zero attached hydrogens (tertiary/aromatic N) is 2. The highest BCUT2D eigenvalue weighted by molar-refractivity contribution is 6.35. The average Bonchev–Trinajstić information content (AvgIpc) is 2.51. The van der Waals surface area contributed by atoms with E-state index in [0.29, 0.717) is 16.0 Å². The van der Waals surface area contributed by atoms with Gasteiger partial charge in [-0.25, -0.2) is 0 Å². The molecular weight excluding hydrogens is 331 g/mol. The highest BCUT2D eigenvalue weighted by Crippen LogP contribution is 2.26. The van der Waals surface area contributed by atoms with Gasteiger partial charge in [-0.15, -0.1) is 0 Å². The molecule has 0 radical (unpaired) electrons. The number of guanidine groups is 1. The first-order valence-corrected chi connectivity index (χ1v) is 8.86. The second-order valence-corrected chi connectivity index (χ2v) is 7.10. The first-order chi connectivity index (χ1) is 11.0. The van der Waals surface area contributed by atoms with E-state index in [0.717, 1.165) is 24.6 Å². The molecule has 1 heterocycles. The maximum absolute atomic E-state index is 6.28. The van der Waals surface area contributed by atoms with Crippen molar-refractivity contribution >= 4 is 29.2 Å². The Kier molecular flexibility index (Phi) is 7.00. The largest absolute Gasteiger partial charge is 0.356 e. The predicted octanol–water partition coefficient (Wildman–Crippen LogP) is 3.56. The summed E-state index contributed by atoms with van der Waals surface area (Å²) in [5, 5.41) is 8.14. The normalized spacial score (nSPS) is 21.1. The van der Waals surface area contributed by atoms with Crippen molar-refractivity contribution in [2.24, 2.45) is 10.9 Å². The molecule has 0 aliphatic carbocycles. The summed E-state index contributed by atoms with van der Waals surface area (Å²) in [6.07, 6.45) is 2.54. The van der Waals surface area contributed by atoms with Gasteiger partial charge in [-0.05, 0) is 57.0 Å². The van der Waals surface area contributed by atoms with Gasteiger partial charge in [-0.3, -0.25) is 4.99 Å². The topological polar surface area (TPSA) is 39.7 Å². The Morgan fingerprint density at radius 1 is 1.43 bits per heavy atom. The molecule has 0 saturated carbocycles. The first kappa shape index (κ1) is 18.4. The molecule has 4 nitrogen and oxygen atoms in total. The number of hydrogen-bond donors (Lipinski definition) is 2. The number of halogens is 2. The van der Waals surface area contributed by atoms with E-state index in [9.17, 15) is 0 Å². The number of rotatable bonds is 4. The number of likely N-dealkylation sites (tertiary alicyclic amines) is 1. The lowest BCUT2D eigenvalue weighted by Gasteiger charge is -2.30. The summed E-state index contributed by atoms with van der Waals surface area (Å²) in [6, 6.07) is 5.63. The minimum Gasteiger partial charge on any atom is -0.356 e. The molecule has 1 aromatic rings. The van der Waals surface area contributed by atoms with Crippen LogP contribution in [0.3, 0.4) is 0 Å². The molecular formula is C17H26Cl2N4. The minimum atomic E-state index is 0.0556. The Balaban J connectivity index is 1.88. The number of hydrogen-bond acceptors (Lipinski definition) is 2. The Morgan fingerprint density at radius 3 is 2.87 bits per heavy atom. The van der Waals surface area contributed by atoms with Crippen LogP contribution in [0.15, 0.2) is 23.2 Å². The maximum atomic E-state index is 6.28. The number of benzene rings is 1. The zero-order valence-electron chi connectivity index (χ0n) is 14.1. The van der Waals surface area contributed by atoms with Crippen molar-refractivity contribution in [2.45, 2.75) is 25.8 Å². The fourth-order valence-electron chi connectivity index (χ4n) is 3.01. The van der Waals surface area contributed by atoms with Crippen molar-refractivity contribution in [3.8, 4) is 0 Å². The molecule has 2 rings (SSSR count). The zero-order valence-corrected chi connectivity index (χ0v) is 15.6. The number of aliphatic imine (C=N–C) groups is 1. The van der Waals surface area contributed by atoms with Gasteiger partial charge in [0.2, 0.25) is 0 Å². The Labute approximate surface area is 149 Å². The lowest BCUT2D eigenvalue weighted by Crippen LogP contribution is -2.44. The van der Waals surface area contributed by atoms with Crippen molar-refractivity contribution in [2.75, 3.05) is 33.7 Å². The van der Waals surface area contributed by atoms with E-state index in [2.05, 4.69) is 34.5 Å². The van der Waals surface area contributed by atoms with Crippen LogP contribution in [0, 0.1) is 5.92 Å². The SMILES string of the molecule is CN=C(NCC1CCCN(C)C1)NC(C)c1ccc(Cl)cc1Cl. The molecule has 2 unspecified atom stereocenters. The molecule has 128 valence electrons. The van der Waals surface area contributed by atoms with Crippen molar-refractivity contribution in [1.82, 2.24) is 15.5 Å². The van der Waals surface area contributed by atoms with Crippen LogP contribution in [0.5, 0.6) is 0 Å². The molecule has 0 spiro atoms. The van der Waals surface area contributed by atoms with Crippen molar-refractivity contribution in [1.29, 1.82) is 0 Å². The van der Waals surface area contributed by atoms with Crippen molar-refractivity contribution < 1.29 is 0 Å². The highest BCUT2D eigenvalue weighted by atomic mass is 35.5. The summed E-state index contributed by atoms with van der Waals surface area (Å²) >= 11 is 12.2. The third kappa shape index (κ3) is 5.55. The molecule has 0 amide bonds. The lowest BCUT2D eigenvalue weighted by molar-refractivity contribution is 0.210. The summed E-state index contributed by atoms with van der Waals surface area (Å²) < 4.78 is 0. The van der Waals surface area contributed by atoms with E-state index >= 15 is 0 Å². The van der Waals surface area contributed by atoms with Gasteiger partial charge in [0.25, 0.3) is 0 Å². The van der Waals surface area contributed by atoms with Gasteiger partial charge in [-0.2, -0.15) is 0 Å². The third-order valence-corrected chi connectivity index (χ3v) is 4.85. The van der Waals surface area contributed by atoms with E-state index in [4.69, 9.17) is 23.2 Å². The number of nitrogens with one attached hydrogen (secondary N) is 2. The molecule has 1 aliphatic heterocycles. The molecule has 2 N–H and O–H groups in total. The Hall–Kier alpha value is -0.970. The van der Waals surface area contributed by atoms with Crippen molar-refractivity contribution in [3.05, 3.63) is 33.8 Å². The van der Waals surface area contributed by atoms with E-state index in [1.807, 2.05) is 12.1 Å². The monoisotopic (exact) mass is 356 g/mol. The van der Waals surface area contributed by atoms with Gasteiger partial charge in [0.1, 0.15) is 0 Å². The van der Waals surface area contributed by atoms with Gasteiger partial charge in [0.05, 0.1) is 6.04 Å². The molecule has 2 atom stereocenters. The van der Waals surface area contributed by atoms with Gasteiger partial charge >= 0.3 is 0 Å². The van der Waals surface area contributed by atoms with Gasteiger partial charge in [0.15, 0.2) is 5.96 Å². The Morgan fingerprint density at radius 2 is 2.22 bits per heavy atom. The van der Waals surface area contributed by atoms with Gasteiger partial charge < -0.3 is 15.5 Å². The average molecular weight is 357 g/mol. The minimum absolute atomic E-state index is 0.0556. The third-order valence-electron chi connectivity index (χ3n) is 4.29. The molecule has 1 saturated heterocycles. The molecule has 1 fully saturated rings. The second kappa shape index (κ2) is 8.76. The van der Waals surface area contributed by atoms with E-state index in [1.165, 1.54) is 19.4 Å². The van der Waals surface area contributed by atoms with E-state index in [-0.39, 0.29) is 6.04 Å². The van der Waals surface area contributed by atoms with Crippen LogP contribution >= 0.6 is 23.2 Å². The summed E-state index contributed by atoms with van der Waals surface area (Å²) in [4.78, 5) is 6.71. The maximum Gasteiger partial charge on any atom is 0.191 e. The summed E-state index contributed by atoms with van der Waals surface area (Å²) in [7, 11) is 3.97. The van der Waals surface area contributed by atoms with Crippen LogP contribution < -0.4 is 10.6 Å². The molecule has 0 bridgehead atoms. The van der Waals surface area contributed by atoms with E-state index in [1.54, 1.807) is 13.1 Å². The van der Waals surface area contributed by atoms with Crippen LogP contribution in [-0.2, 0) is 0 Å². The van der Waals surface area contributed by atoms with Crippen LogP contribution in [0.25, 0.3) is 0 Å². The fourth-order valence-corrected chi connectivity index (χ4v) is 3.58. The van der Waals surface area contributed by atoms with E-state index < -0.39 is 0 Å². The predicted molar refractivity (Wildman–Crippen MR) is 99.6 cm³/mol. The standard InChI is InChI=1S/C17H26Cl2N4/c1-12(15-7-6-14(18)9-16(15)19)22-17(20-2)21-10-13-5-4-8-23(3)11-13/h6-7,9,12-13H,4-5,8,10-11H2,1-3H3,(H2,20,21,22). The van der Waals surface area contributed by atoms with Crippen molar-refractivity contribution in [3.63, 3.8) is 0 Å². The lowest BCUT2D eigenvalue weighted by atomic mass is 9.98. The molecule has 0 aromatic heterocycles. The van der Waals surface area contributed by atoms with Gasteiger partial charge in [-0.1, -0.05) is 29.3 Å². The fraction of sp³-hybridized carbons (Fsp3) is 0.588. The summed E-state index contributed by atoms with van der Waals surface area (Å²) in [5.41, 5.74) is 1.01. The first-order valence-electron chi connectivity index (χ1n) is 8.10. The zero-order chi connectivity index (χ0) is 16.8. The smallest absolute Gasteiger partial charge is 0.191 e. The second-order valence-electron chi connectivity index (χ2n) is 6.26. The molecule has 1 aliphatic rings. The van der Waals surface area contributed by atoms with Crippen LogP contribution in [0.2, 0.25) is 10.0 Å². The Bertz CT molecular complexity index is 547. The summed E-state index contributed by atoms with van der Waals surface area (Å²) in [5.74, 6) is 1.47. The molecule has 23 heavy (non-hydrogen) atoms.